The lowest BCUT2D eigenvalue weighted by atomic mass is 10.2. The monoisotopic (exact) mass is 434 g/mol. The van der Waals surface area contributed by atoms with Crippen LogP contribution in [-0.2, 0) is 14.8 Å². The minimum atomic E-state index is -3.94. The lowest BCUT2D eigenvalue weighted by molar-refractivity contribution is 0.0940. The third kappa shape index (κ3) is 7.03. The van der Waals surface area contributed by atoms with E-state index in [0.29, 0.717) is 25.3 Å². The molecule has 0 aliphatic carbocycles. The van der Waals surface area contributed by atoms with Gasteiger partial charge in [0.15, 0.2) is 0 Å². The summed E-state index contributed by atoms with van der Waals surface area (Å²) in [6, 6.07) is 11.3. The van der Waals surface area contributed by atoms with Crippen LogP contribution in [0.2, 0.25) is 0 Å². The van der Waals surface area contributed by atoms with Gasteiger partial charge in [0.25, 0.3) is 15.9 Å². The first-order valence-electron chi connectivity index (χ1n) is 10.0. The van der Waals surface area contributed by atoms with E-state index in [1.807, 2.05) is 19.1 Å². The Balaban J connectivity index is 2.06. The molecule has 164 valence electrons. The summed E-state index contributed by atoms with van der Waals surface area (Å²) in [5, 5.41) is 2.79. The van der Waals surface area contributed by atoms with Gasteiger partial charge in [0.2, 0.25) is 0 Å². The molecule has 0 saturated heterocycles. The van der Waals surface area contributed by atoms with Crippen molar-refractivity contribution in [1.82, 2.24) is 5.32 Å². The van der Waals surface area contributed by atoms with Gasteiger partial charge >= 0.3 is 0 Å². The molecule has 0 unspecified atom stereocenters. The zero-order valence-corrected chi connectivity index (χ0v) is 18.6. The lowest BCUT2D eigenvalue weighted by Gasteiger charge is -2.13. The van der Waals surface area contributed by atoms with Crippen molar-refractivity contribution in [3.8, 4) is 5.75 Å². The first-order valence-corrected chi connectivity index (χ1v) is 11.5. The summed E-state index contributed by atoms with van der Waals surface area (Å²) in [4.78, 5) is 12.4. The van der Waals surface area contributed by atoms with E-state index in [2.05, 4.69) is 17.0 Å². The van der Waals surface area contributed by atoms with Gasteiger partial charge in [0.1, 0.15) is 10.6 Å². The Kier molecular flexibility index (Phi) is 9.14. The molecule has 0 spiro atoms. The van der Waals surface area contributed by atoms with Crippen molar-refractivity contribution in [2.75, 3.05) is 31.6 Å². The third-order valence-electron chi connectivity index (χ3n) is 4.41. The van der Waals surface area contributed by atoms with Gasteiger partial charge in [0, 0.05) is 31.0 Å². The molecule has 2 N–H and O–H groups in total. The molecular formula is C22H30N2O5S. The molecule has 0 aliphatic heterocycles. The van der Waals surface area contributed by atoms with Gasteiger partial charge in [-0.25, -0.2) is 8.42 Å². The maximum absolute atomic E-state index is 12.9. The number of nitrogens with one attached hydrogen (secondary N) is 2. The number of hydrogen-bond acceptors (Lipinski definition) is 5. The predicted octanol–water partition coefficient (Wildman–Crippen LogP) is 3.74. The molecule has 0 fully saturated rings. The number of unbranched alkanes of at least 4 members (excludes halogenated alkanes) is 1. The van der Waals surface area contributed by atoms with Crippen LogP contribution < -0.4 is 14.8 Å². The summed E-state index contributed by atoms with van der Waals surface area (Å²) in [5.41, 5.74) is 1.69. The Hall–Kier alpha value is -2.58. The second-order valence-electron chi connectivity index (χ2n) is 6.91. The topological polar surface area (TPSA) is 93.7 Å². The van der Waals surface area contributed by atoms with Crippen molar-refractivity contribution in [1.29, 1.82) is 0 Å². The van der Waals surface area contributed by atoms with Crippen LogP contribution in [0.5, 0.6) is 5.75 Å². The Labute approximate surface area is 178 Å². The van der Waals surface area contributed by atoms with E-state index in [4.69, 9.17) is 9.47 Å². The Morgan fingerprint density at radius 3 is 2.40 bits per heavy atom. The van der Waals surface area contributed by atoms with Crippen molar-refractivity contribution < 1.29 is 22.7 Å². The molecule has 0 aliphatic rings. The fraction of sp³-hybridized carbons (Fsp3) is 0.409. The Morgan fingerprint density at radius 1 is 1.03 bits per heavy atom. The van der Waals surface area contributed by atoms with Gasteiger partial charge in [-0.2, -0.15) is 0 Å². The average Bonchev–Trinajstić information content (AvgIpc) is 2.74. The Morgan fingerprint density at radius 2 is 1.73 bits per heavy atom. The molecule has 2 aromatic carbocycles. The van der Waals surface area contributed by atoms with E-state index in [-0.39, 0.29) is 22.1 Å². The van der Waals surface area contributed by atoms with Crippen molar-refractivity contribution >= 4 is 21.6 Å². The van der Waals surface area contributed by atoms with Crippen molar-refractivity contribution in [2.45, 2.75) is 38.0 Å². The predicted molar refractivity (Wildman–Crippen MR) is 118 cm³/mol. The molecule has 0 radical (unpaired) electrons. The molecule has 7 nitrogen and oxygen atoms in total. The normalized spacial score (nSPS) is 11.2. The van der Waals surface area contributed by atoms with Crippen molar-refractivity contribution in [3.63, 3.8) is 0 Å². The van der Waals surface area contributed by atoms with Crippen LogP contribution in [0.15, 0.2) is 47.4 Å². The highest BCUT2D eigenvalue weighted by Crippen LogP contribution is 2.27. The summed E-state index contributed by atoms with van der Waals surface area (Å²) in [7, 11) is -2.55. The van der Waals surface area contributed by atoms with Crippen molar-refractivity contribution in [3.05, 3.63) is 53.6 Å². The van der Waals surface area contributed by atoms with Gasteiger partial charge in [0.05, 0.1) is 7.11 Å². The number of rotatable bonds is 12. The number of sulfonamides is 1. The van der Waals surface area contributed by atoms with Crippen LogP contribution in [0, 0.1) is 6.92 Å². The van der Waals surface area contributed by atoms with E-state index < -0.39 is 10.0 Å². The SMILES string of the molecule is CCCCOCCCNC(=O)c1ccc(OC)c(S(=O)(=O)Nc2ccc(C)cc2)c1. The van der Waals surface area contributed by atoms with E-state index in [9.17, 15) is 13.2 Å². The lowest BCUT2D eigenvalue weighted by Crippen LogP contribution is -2.26. The van der Waals surface area contributed by atoms with E-state index in [1.165, 1.54) is 25.3 Å². The zero-order chi connectivity index (χ0) is 22.0. The summed E-state index contributed by atoms with van der Waals surface area (Å²) in [6.45, 7) is 5.76. The van der Waals surface area contributed by atoms with E-state index >= 15 is 0 Å². The molecule has 2 aromatic rings. The molecule has 0 heterocycles. The minimum Gasteiger partial charge on any atom is -0.495 e. The fourth-order valence-electron chi connectivity index (χ4n) is 2.69. The van der Waals surface area contributed by atoms with E-state index in [1.54, 1.807) is 12.1 Å². The van der Waals surface area contributed by atoms with Gasteiger partial charge in [-0.15, -0.1) is 0 Å². The van der Waals surface area contributed by atoms with Crippen LogP contribution in [0.4, 0.5) is 5.69 Å². The van der Waals surface area contributed by atoms with E-state index in [0.717, 1.165) is 25.0 Å². The summed E-state index contributed by atoms with van der Waals surface area (Å²) < 4.78 is 39.0. The number of benzene rings is 2. The number of aryl methyl sites for hydroxylation is 1. The van der Waals surface area contributed by atoms with Crippen LogP contribution in [0.25, 0.3) is 0 Å². The number of methoxy groups -OCH3 is 1. The van der Waals surface area contributed by atoms with Crippen LogP contribution in [-0.4, -0.2) is 41.2 Å². The van der Waals surface area contributed by atoms with Gasteiger partial charge in [-0.3, -0.25) is 9.52 Å². The quantitative estimate of drug-likeness (QED) is 0.496. The average molecular weight is 435 g/mol. The molecule has 0 aromatic heterocycles. The third-order valence-corrected chi connectivity index (χ3v) is 5.81. The molecule has 30 heavy (non-hydrogen) atoms. The number of carbonyl (C=O) groups is 1. The highest BCUT2D eigenvalue weighted by molar-refractivity contribution is 7.92. The largest absolute Gasteiger partial charge is 0.495 e. The summed E-state index contributed by atoms with van der Waals surface area (Å²) in [6.07, 6.45) is 2.79. The first kappa shape index (κ1) is 23.7. The number of amides is 1. The maximum Gasteiger partial charge on any atom is 0.265 e. The van der Waals surface area contributed by atoms with Gasteiger partial charge < -0.3 is 14.8 Å². The highest BCUT2D eigenvalue weighted by Gasteiger charge is 2.22. The second kappa shape index (κ2) is 11.6. The molecular weight excluding hydrogens is 404 g/mol. The minimum absolute atomic E-state index is 0.0962. The summed E-state index contributed by atoms with van der Waals surface area (Å²) in [5.74, 6) is -0.187. The molecule has 2 rings (SSSR count). The smallest absolute Gasteiger partial charge is 0.265 e. The highest BCUT2D eigenvalue weighted by atomic mass is 32.2. The number of carbonyl (C=O) groups excluding carboxylic acids is 1. The van der Waals surface area contributed by atoms with Gasteiger partial charge in [-0.1, -0.05) is 31.0 Å². The second-order valence-corrected chi connectivity index (χ2v) is 8.56. The number of anilines is 1. The zero-order valence-electron chi connectivity index (χ0n) is 17.7. The molecule has 8 heteroatoms. The van der Waals surface area contributed by atoms with Crippen LogP contribution in [0.3, 0.4) is 0 Å². The maximum atomic E-state index is 12.9. The van der Waals surface area contributed by atoms with Gasteiger partial charge in [-0.05, 0) is 50.1 Å². The summed E-state index contributed by atoms with van der Waals surface area (Å²) >= 11 is 0. The molecule has 0 bridgehead atoms. The number of hydrogen-bond donors (Lipinski definition) is 2. The molecule has 1 amide bonds. The molecule has 0 saturated carbocycles. The van der Waals surface area contributed by atoms with Crippen molar-refractivity contribution in [2.24, 2.45) is 0 Å². The van der Waals surface area contributed by atoms with Crippen LogP contribution in [0.1, 0.15) is 42.1 Å². The van der Waals surface area contributed by atoms with Crippen LogP contribution >= 0.6 is 0 Å². The fourth-order valence-corrected chi connectivity index (χ4v) is 3.94. The number of ether oxygens (including phenoxy) is 2. The standard InChI is InChI=1S/C22H30N2O5S/c1-4-5-14-29-15-6-13-23-22(25)18-9-12-20(28-3)21(16-18)30(26,27)24-19-10-7-17(2)8-11-19/h7-12,16,24H,4-6,13-15H2,1-3H3,(H,23,25). The molecule has 0 atom stereocenters. The Bertz CT molecular complexity index is 927. The first-order chi connectivity index (χ1) is 14.4.